The minimum Gasteiger partial charge on any atom is -0.438 e. The monoisotopic (exact) mass is 343 g/mol. The van der Waals surface area contributed by atoms with Crippen LogP contribution in [0.1, 0.15) is 5.89 Å². The second-order valence-corrected chi connectivity index (χ2v) is 5.91. The molecule has 0 amide bonds. The Morgan fingerprint density at radius 1 is 1.29 bits per heavy atom. The van der Waals surface area contributed by atoms with Gasteiger partial charge in [-0.15, -0.1) is 11.3 Å². The van der Waals surface area contributed by atoms with Gasteiger partial charge in [0, 0.05) is 6.07 Å². The second-order valence-electron chi connectivity index (χ2n) is 4.96. The van der Waals surface area contributed by atoms with Gasteiger partial charge in [0.15, 0.2) is 11.3 Å². The van der Waals surface area contributed by atoms with E-state index in [1.165, 1.54) is 34.1 Å². The molecule has 24 heavy (non-hydrogen) atoms. The van der Waals surface area contributed by atoms with E-state index in [-0.39, 0.29) is 17.8 Å². The van der Waals surface area contributed by atoms with Gasteiger partial charge in [0.1, 0.15) is 6.54 Å². The highest BCUT2D eigenvalue weighted by molar-refractivity contribution is 7.13. The van der Waals surface area contributed by atoms with Crippen LogP contribution in [0, 0.1) is 10.1 Å². The van der Waals surface area contributed by atoms with Crippen molar-refractivity contribution < 1.29 is 13.8 Å². The molecule has 1 aromatic carbocycles. The Morgan fingerprint density at radius 2 is 2.17 bits per heavy atom. The van der Waals surface area contributed by atoms with E-state index in [2.05, 4.69) is 4.98 Å². The van der Waals surface area contributed by atoms with Crippen LogP contribution < -0.4 is 5.76 Å². The smallest absolute Gasteiger partial charge is 0.420 e. The fraction of sp³-hybridized carbons (Fsp3) is 0.0667. The van der Waals surface area contributed by atoms with E-state index >= 15 is 0 Å². The first-order chi connectivity index (χ1) is 11.6. The summed E-state index contributed by atoms with van der Waals surface area (Å²) in [7, 11) is 0. The number of nitrogens with zero attached hydrogens (tertiary/aromatic N) is 3. The normalized spacial score (nSPS) is 11.2. The van der Waals surface area contributed by atoms with Crippen LogP contribution in [-0.2, 0) is 6.54 Å². The number of nitro groups is 1. The predicted molar refractivity (Wildman–Crippen MR) is 86.0 cm³/mol. The molecule has 0 aliphatic heterocycles. The van der Waals surface area contributed by atoms with Crippen molar-refractivity contribution in [3.05, 3.63) is 68.5 Å². The number of aromatic nitrogens is 2. The van der Waals surface area contributed by atoms with Crippen molar-refractivity contribution in [1.29, 1.82) is 0 Å². The Labute approximate surface area is 137 Å². The molecule has 9 heteroatoms. The van der Waals surface area contributed by atoms with Gasteiger partial charge in [-0.2, -0.15) is 0 Å². The van der Waals surface area contributed by atoms with Crippen LogP contribution in [0.15, 0.2) is 55.5 Å². The molecule has 0 spiro atoms. The van der Waals surface area contributed by atoms with Crippen molar-refractivity contribution >= 4 is 28.1 Å². The molecule has 0 saturated heterocycles. The van der Waals surface area contributed by atoms with E-state index in [4.69, 9.17) is 8.83 Å². The lowest BCUT2D eigenvalue weighted by atomic mass is 10.3. The standard InChI is InChI=1S/C15H9N3O5S/c19-15-17(10-4-3-9(18(20)21)6-11(10)23-15)8-14-16-7-12(22-14)13-2-1-5-24-13/h1-7H,8H2. The van der Waals surface area contributed by atoms with Gasteiger partial charge in [-0.1, -0.05) is 6.07 Å². The first-order valence-electron chi connectivity index (χ1n) is 6.88. The van der Waals surface area contributed by atoms with Crippen LogP contribution in [0.5, 0.6) is 0 Å². The molecule has 0 radical (unpaired) electrons. The van der Waals surface area contributed by atoms with Crippen LogP contribution in [0.25, 0.3) is 21.7 Å². The summed E-state index contributed by atoms with van der Waals surface area (Å²) < 4.78 is 12.1. The van der Waals surface area contributed by atoms with E-state index in [1.54, 1.807) is 6.20 Å². The zero-order valence-corrected chi connectivity index (χ0v) is 12.9. The highest BCUT2D eigenvalue weighted by Gasteiger charge is 2.16. The summed E-state index contributed by atoms with van der Waals surface area (Å²) in [6, 6.07) is 7.83. The Balaban J connectivity index is 1.71. The zero-order chi connectivity index (χ0) is 16.7. The summed E-state index contributed by atoms with van der Waals surface area (Å²) in [5, 5.41) is 12.7. The van der Waals surface area contributed by atoms with Crippen molar-refractivity contribution in [2.75, 3.05) is 0 Å². The molecule has 3 heterocycles. The maximum Gasteiger partial charge on any atom is 0.420 e. The molecule has 0 aliphatic carbocycles. The number of thiophene rings is 1. The van der Waals surface area contributed by atoms with Crippen molar-refractivity contribution in [2.24, 2.45) is 0 Å². The predicted octanol–water partition coefficient (Wildman–Crippen LogP) is 3.27. The summed E-state index contributed by atoms with van der Waals surface area (Å²) in [4.78, 5) is 27.4. The average molecular weight is 343 g/mol. The lowest BCUT2D eigenvalue weighted by molar-refractivity contribution is -0.384. The second kappa shape index (κ2) is 5.46. The quantitative estimate of drug-likeness (QED) is 0.416. The first-order valence-corrected chi connectivity index (χ1v) is 7.76. The molecule has 0 fully saturated rings. The van der Waals surface area contributed by atoms with E-state index in [0.717, 1.165) is 4.88 Å². The Kier molecular flexibility index (Phi) is 3.28. The van der Waals surface area contributed by atoms with Crippen LogP contribution >= 0.6 is 11.3 Å². The average Bonchev–Trinajstić information content (AvgIpc) is 3.28. The first kappa shape index (κ1) is 14.4. The van der Waals surface area contributed by atoms with Crippen molar-refractivity contribution in [1.82, 2.24) is 9.55 Å². The summed E-state index contributed by atoms with van der Waals surface area (Å²) in [6.07, 6.45) is 1.60. The molecule has 120 valence electrons. The van der Waals surface area contributed by atoms with E-state index in [0.29, 0.717) is 17.2 Å². The van der Waals surface area contributed by atoms with Gasteiger partial charge >= 0.3 is 5.76 Å². The van der Waals surface area contributed by atoms with Gasteiger partial charge in [-0.05, 0) is 17.5 Å². The molecule has 0 aliphatic rings. The number of oxazole rings is 2. The van der Waals surface area contributed by atoms with Gasteiger partial charge in [-0.25, -0.2) is 9.78 Å². The zero-order valence-electron chi connectivity index (χ0n) is 12.0. The highest BCUT2D eigenvalue weighted by Crippen LogP contribution is 2.26. The minimum absolute atomic E-state index is 0.0784. The molecule has 0 atom stereocenters. The topological polar surface area (TPSA) is 104 Å². The third-order valence-electron chi connectivity index (χ3n) is 3.47. The summed E-state index contributed by atoms with van der Waals surface area (Å²) in [5.74, 6) is 0.347. The molecule has 4 rings (SSSR count). The number of non-ortho nitro benzene ring substituents is 1. The summed E-state index contributed by atoms with van der Waals surface area (Å²) in [5.41, 5.74) is 0.459. The van der Waals surface area contributed by atoms with Crippen molar-refractivity contribution in [3.63, 3.8) is 0 Å². The van der Waals surface area contributed by atoms with Crippen molar-refractivity contribution in [3.8, 4) is 10.6 Å². The number of benzene rings is 1. The Bertz CT molecular complexity index is 1090. The fourth-order valence-electron chi connectivity index (χ4n) is 2.37. The molecular weight excluding hydrogens is 334 g/mol. The Hall–Kier alpha value is -3.20. The lowest BCUT2D eigenvalue weighted by Gasteiger charge is -1.98. The third kappa shape index (κ3) is 2.40. The lowest BCUT2D eigenvalue weighted by Crippen LogP contribution is -2.14. The van der Waals surface area contributed by atoms with Gasteiger partial charge in [0.2, 0.25) is 5.89 Å². The van der Waals surface area contributed by atoms with Gasteiger partial charge in [0.05, 0.1) is 27.6 Å². The van der Waals surface area contributed by atoms with E-state index in [1.807, 2.05) is 17.5 Å². The van der Waals surface area contributed by atoms with Crippen LogP contribution in [0.3, 0.4) is 0 Å². The van der Waals surface area contributed by atoms with E-state index in [9.17, 15) is 14.9 Å². The summed E-state index contributed by atoms with van der Waals surface area (Å²) in [6.45, 7) is 0.0784. The summed E-state index contributed by atoms with van der Waals surface area (Å²) >= 11 is 1.52. The van der Waals surface area contributed by atoms with Crippen LogP contribution in [-0.4, -0.2) is 14.5 Å². The third-order valence-corrected chi connectivity index (χ3v) is 4.36. The van der Waals surface area contributed by atoms with Crippen molar-refractivity contribution in [2.45, 2.75) is 6.54 Å². The van der Waals surface area contributed by atoms with Gasteiger partial charge < -0.3 is 8.83 Å². The molecule has 8 nitrogen and oxygen atoms in total. The maximum atomic E-state index is 12.0. The minimum atomic E-state index is -0.624. The number of nitro benzene ring substituents is 1. The van der Waals surface area contributed by atoms with Gasteiger partial charge in [-0.3, -0.25) is 14.7 Å². The molecule has 3 aromatic heterocycles. The maximum absolute atomic E-state index is 12.0. The van der Waals surface area contributed by atoms with E-state index < -0.39 is 10.7 Å². The van der Waals surface area contributed by atoms with Gasteiger partial charge in [0.25, 0.3) is 5.69 Å². The number of rotatable bonds is 4. The molecule has 0 saturated carbocycles. The largest absolute Gasteiger partial charge is 0.438 e. The molecule has 0 bridgehead atoms. The molecule has 0 N–H and O–H groups in total. The Morgan fingerprint density at radius 3 is 2.92 bits per heavy atom. The fourth-order valence-corrected chi connectivity index (χ4v) is 3.04. The number of fused-ring (bicyclic) bond motifs is 1. The molecular formula is C15H9N3O5S. The number of hydrogen-bond donors (Lipinski definition) is 0. The van der Waals surface area contributed by atoms with Crippen LogP contribution in [0.4, 0.5) is 5.69 Å². The highest BCUT2D eigenvalue weighted by atomic mass is 32.1. The van der Waals surface area contributed by atoms with Crippen LogP contribution in [0.2, 0.25) is 0 Å². The molecule has 0 unspecified atom stereocenters. The SMILES string of the molecule is O=c1oc2cc([N+](=O)[O-])ccc2n1Cc1ncc(-c2cccs2)o1. The number of hydrogen-bond acceptors (Lipinski definition) is 7. The molecule has 4 aromatic rings.